The minimum absolute atomic E-state index is 0.00526. The first-order valence-electron chi connectivity index (χ1n) is 10.9. The number of sulfonamides is 1. The number of ether oxygens (including phenoxy) is 1. The van der Waals surface area contributed by atoms with Crippen molar-refractivity contribution in [2.24, 2.45) is 0 Å². The van der Waals surface area contributed by atoms with Crippen LogP contribution in [0.1, 0.15) is 29.8 Å². The zero-order valence-electron chi connectivity index (χ0n) is 19.1. The third-order valence-corrected chi connectivity index (χ3v) is 7.25. The van der Waals surface area contributed by atoms with Gasteiger partial charge in [0, 0.05) is 16.6 Å². The normalized spacial score (nSPS) is 13.0. The minimum atomic E-state index is -4.12. The van der Waals surface area contributed by atoms with Crippen LogP contribution in [0, 0.1) is 0 Å². The van der Waals surface area contributed by atoms with Crippen molar-refractivity contribution in [2.75, 3.05) is 16.2 Å². The van der Waals surface area contributed by atoms with Gasteiger partial charge in [-0.15, -0.1) is 0 Å². The van der Waals surface area contributed by atoms with E-state index in [-0.39, 0.29) is 41.6 Å². The van der Waals surface area contributed by atoms with Crippen molar-refractivity contribution in [3.8, 4) is 5.75 Å². The van der Waals surface area contributed by atoms with Gasteiger partial charge in [-0.2, -0.15) is 0 Å². The molecule has 35 heavy (non-hydrogen) atoms. The zero-order chi connectivity index (χ0) is 25.2. The summed E-state index contributed by atoms with van der Waals surface area (Å²) >= 11 is 6.00. The number of hydrogen-bond donors (Lipinski definition) is 2. The number of rotatable bonds is 7. The highest BCUT2D eigenvalue weighted by Crippen LogP contribution is 2.33. The monoisotopic (exact) mass is 513 g/mol. The standard InChI is InChI=1S/C25H24ClN3O5S/c1-16(2)27-25(31)18-4-3-5-20(12-18)29(14-17-6-8-19(26)9-7-17)35(32,33)21-10-11-23-22(13-21)28-24(30)15-34-23/h3-13,16H,14-15H2,1-2H3,(H,27,31)(H,28,30). The van der Waals surface area contributed by atoms with Crippen LogP contribution < -0.4 is 19.7 Å². The summed E-state index contributed by atoms with van der Waals surface area (Å²) in [6.45, 7) is 3.55. The number of carbonyl (C=O) groups is 2. The van der Waals surface area contributed by atoms with Crippen molar-refractivity contribution in [1.82, 2.24) is 5.32 Å². The topological polar surface area (TPSA) is 105 Å². The highest BCUT2D eigenvalue weighted by molar-refractivity contribution is 7.92. The molecule has 0 saturated carbocycles. The predicted molar refractivity (Wildman–Crippen MR) is 134 cm³/mol. The quantitative estimate of drug-likeness (QED) is 0.492. The molecule has 2 amide bonds. The van der Waals surface area contributed by atoms with Gasteiger partial charge in [-0.25, -0.2) is 8.42 Å². The number of nitrogens with zero attached hydrogens (tertiary/aromatic N) is 1. The van der Waals surface area contributed by atoms with E-state index >= 15 is 0 Å². The van der Waals surface area contributed by atoms with Gasteiger partial charge in [-0.3, -0.25) is 13.9 Å². The summed E-state index contributed by atoms with van der Waals surface area (Å²) in [6.07, 6.45) is 0. The van der Waals surface area contributed by atoms with Crippen LogP contribution >= 0.6 is 11.6 Å². The Kier molecular flexibility index (Phi) is 7.00. The Morgan fingerprint density at radius 1 is 1.11 bits per heavy atom. The number of amides is 2. The molecule has 4 rings (SSSR count). The molecule has 3 aromatic carbocycles. The molecule has 182 valence electrons. The molecule has 0 atom stereocenters. The Labute approximate surface area is 208 Å². The van der Waals surface area contributed by atoms with Gasteiger partial charge in [0.2, 0.25) is 0 Å². The fourth-order valence-electron chi connectivity index (χ4n) is 3.57. The molecule has 1 aliphatic heterocycles. The molecule has 1 heterocycles. The van der Waals surface area contributed by atoms with E-state index in [4.69, 9.17) is 16.3 Å². The van der Waals surface area contributed by atoms with Gasteiger partial charge in [0.15, 0.2) is 6.61 Å². The molecule has 3 aromatic rings. The summed E-state index contributed by atoms with van der Waals surface area (Å²) in [5, 5.41) is 5.98. The summed E-state index contributed by atoms with van der Waals surface area (Å²) in [5.41, 5.74) is 1.62. The first-order valence-corrected chi connectivity index (χ1v) is 12.7. The molecule has 10 heteroatoms. The van der Waals surface area contributed by atoms with E-state index in [1.54, 1.807) is 42.5 Å². The molecule has 0 fully saturated rings. The van der Waals surface area contributed by atoms with Crippen LogP contribution in [0.4, 0.5) is 11.4 Å². The minimum Gasteiger partial charge on any atom is -0.482 e. The molecule has 0 unspecified atom stereocenters. The van der Waals surface area contributed by atoms with E-state index in [1.165, 1.54) is 28.6 Å². The lowest BCUT2D eigenvalue weighted by Crippen LogP contribution is -2.32. The first-order chi connectivity index (χ1) is 16.6. The highest BCUT2D eigenvalue weighted by atomic mass is 35.5. The maximum atomic E-state index is 13.9. The van der Waals surface area contributed by atoms with Gasteiger partial charge in [-0.1, -0.05) is 29.8 Å². The third kappa shape index (κ3) is 5.58. The summed E-state index contributed by atoms with van der Waals surface area (Å²) in [7, 11) is -4.12. The van der Waals surface area contributed by atoms with Gasteiger partial charge in [0.1, 0.15) is 5.75 Å². The van der Waals surface area contributed by atoms with Crippen molar-refractivity contribution >= 4 is 44.8 Å². The van der Waals surface area contributed by atoms with Crippen LogP contribution in [0.25, 0.3) is 0 Å². The predicted octanol–water partition coefficient (Wildman–Crippen LogP) is 4.20. The number of anilines is 2. The number of benzene rings is 3. The molecule has 0 aliphatic carbocycles. The average Bonchev–Trinajstić information content (AvgIpc) is 2.82. The number of carbonyl (C=O) groups excluding carboxylic acids is 2. The highest BCUT2D eigenvalue weighted by Gasteiger charge is 2.28. The summed E-state index contributed by atoms with van der Waals surface area (Å²) in [6, 6.07) is 17.5. The van der Waals surface area contributed by atoms with Crippen LogP contribution in [-0.2, 0) is 21.4 Å². The van der Waals surface area contributed by atoms with Gasteiger partial charge < -0.3 is 15.4 Å². The second kappa shape index (κ2) is 9.97. The van der Waals surface area contributed by atoms with Gasteiger partial charge in [0.25, 0.3) is 21.8 Å². The van der Waals surface area contributed by atoms with E-state index in [9.17, 15) is 18.0 Å². The Hall–Kier alpha value is -3.56. The molecule has 0 bridgehead atoms. The van der Waals surface area contributed by atoms with Crippen molar-refractivity contribution in [1.29, 1.82) is 0 Å². The number of nitrogens with one attached hydrogen (secondary N) is 2. The van der Waals surface area contributed by atoms with Crippen molar-refractivity contribution < 1.29 is 22.7 Å². The second-order valence-corrected chi connectivity index (χ2v) is 10.6. The molecule has 8 nitrogen and oxygen atoms in total. The molecular formula is C25H24ClN3O5S. The lowest BCUT2D eigenvalue weighted by molar-refractivity contribution is -0.118. The largest absolute Gasteiger partial charge is 0.482 e. The van der Waals surface area contributed by atoms with Crippen LogP contribution in [0.3, 0.4) is 0 Å². The van der Waals surface area contributed by atoms with E-state index in [1.807, 2.05) is 13.8 Å². The van der Waals surface area contributed by atoms with E-state index in [0.29, 0.717) is 27.6 Å². The maximum absolute atomic E-state index is 13.9. The van der Waals surface area contributed by atoms with Crippen LogP contribution in [0.15, 0.2) is 71.6 Å². The van der Waals surface area contributed by atoms with Crippen molar-refractivity contribution in [2.45, 2.75) is 31.3 Å². The number of fused-ring (bicyclic) bond motifs is 1. The summed E-state index contributed by atoms with van der Waals surface area (Å²) in [4.78, 5) is 24.3. The average molecular weight is 514 g/mol. The Morgan fingerprint density at radius 3 is 2.57 bits per heavy atom. The molecule has 0 radical (unpaired) electrons. The Balaban J connectivity index is 1.78. The molecular weight excluding hydrogens is 490 g/mol. The molecule has 0 aromatic heterocycles. The molecule has 0 spiro atoms. The smallest absolute Gasteiger partial charge is 0.264 e. The van der Waals surface area contributed by atoms with Crippen molar-refractivity contribution in [3.63, 3.8) is 0 Å². The van der Waals surface area contributed by atoms with Crippen LogP contribution in [-0.4, -0.2) is 32.9 Å². The van der Waals surface area contributed by atoms with Gasteiger partial charge >= 0.3 is 0 Å². The van der Waals surface area contributed by atoms with E-state index in [2.05, 4.69) is 10.6 Å². The SMILES string of the molecule is CC(C)NC(=O)c1cccc(N(Cc2ccc(Cl)cc2)S(=O)(=O)c2ccc3c(c2)NC(=O)CO3)c1. The van der Waals surface area contributed by atoms with Crippen LogP contribution in [0.5, 0.6) is 5.75 Å². The lowest BCUT2D eigenvalue weighted by Gasteiger charge is -2.26. The fraction of sp³-hybridized carbons (Fsp3) is 0.200. The first kappa shape index (κ1) is 24.6. The lowest BCUT2D eigenvalue weighted by atomic mass is 10.1. The Morgan fingerprint density at radius 2 is 1.86 bits per heavy atom. The second-order valence-electron chi connectivity index (χ2n) is 8.31. The molecule has 1 aliphatic rings. The maximum Gasteiger partial charge on any atom is 0.264 e. The summed E-state index contributed by atoms with van der Waals surface area (Å²) < 4.78 is 34.3. The Bertz CT molecular complexity index is 1370. The number of hydrogen-bond acceptors (Lipinski definition) is 5. The molecule has 0 saturated heterocycles. The fourth-order valence-corrected chi connectivity index (χ4v) is 5.17. The van der Waals surface area contributed by atoms with E-state index < -0.39 is 10.0 Å². The third-order valence-electron chi connectivity index (χ3n) is 5.23. The van der Waals surface area contributed by atoms with Gasteiger partial charge in [0.05, 0.1) is 22.8 Å². The molecule has 2 N–H and O–H groups in total. The number of halogens is 1. The zero-order valence-corrected chi connectivity index (χ0v) is 20.7. The van der Waals surface area contributed by atoms with Crippen molar-refractivity contribution in [3.05, 3.63) is 82.9 Å². The summed E-state index contributed by atoms with van der Waals surface area (Å²) in [5.74, 6) is -0.284. The van der Waals surface area contributed by atoms with Gasteiger partial charge in [-0.05, 0) is 67.9 Å². The van der Waals surface area contributed by atoms with Crippen LogP contribution in [0.2, 0.25) is 5.02 Å². The van der Waals surface area contributed by atoms with E-state index in [0.717, 1.165) is 0 Å².